The van der Waals surface area contributed by atoms with Crippen LogP contribution in [0.5, 0.6) is 0 Å². The molecule has 0 aliphatic carbocycles. The molecule has 0 radical (unpaired) electrons. The van der Waals surface area contributed by atoms with Crippen molar-refractivity contribution in [3.8, 4) is 0 Å². The number of rotatable bonds is 6. The first-order valence-corrected chi connectivity index (χ1v) is 7.34. The Morgan fingerprint density at radius 3 is 2.80 bits per heavy atom. The van der Waals surface area contributed by atoms with Gasteiger partial charge in [0.2, 0.25) is 5.91 Å². The number of nitrogens with zero attached hydrogens (tertiary/aromatic N) is 3. The summed E-state index contributed by atoms with van der Waals surface area (Å²) in [5, 5.41) is 17.1. The van der Waals surface area contributed by atoms with Crippen LogP contribution in [0, 0.1) is 0 Å². The Morgan fingerprint density at radius 2 is 2.15 bits per heavy atom. The van der Waals surface area contributed by atoms with Crippen LogP contribution in [0.15, 0.2) is 18.5 Å². The van der Waals surface area contributed by atoms with Crippen LogP contribution in [0.3, 0.4) is 0 Å². The molecule has 1 fully saturated rings. The van der Waals surface area contributed by atoms with Gasteiger partial charge in [0.1, 0.15) is 0 Å². The molecule has 1 aromatic heterocycles. The molecule has 1 saturated heterocycles. The highest BCUT2D eigenvalue weighted by molar-refractivity contribution is 5.81. The maximum atomic E-state index is 12.2. The van der Waals surface area contributed by atoms with E-state index in [-0.39, 0.29) is 11.9 Å². The van der Waals surface area contributed by atoms with E-state index >= 15 is 0 Å². The maximum absolute atomic E-state index is 12.2. The summed E-state index contributed by atoms with van der Waals surface area (Å²) in [6.45, 7) is 4.41. The van der Waals surface area contributed by atoms with Gasteiger partial charge in [0.25, 0.3) is 0 Å². The number of aliphatic hydroxyl groups excluding tert-OH is 1. The molecular weight excluding hydrogens is 256 g/mol. The molecule has 2 heterocycles. The molecule has 0 bridgehead atoms. The lowest BCUT2D eigenvalue weighted by Gasteiger charge is -2.29. The molecule has 112 valence electrons. The third-order valence-electron chi connectivity index (χ3n) is 3.65. The first-order chi connectivity index (χ1) is 9.66. The summed E-state index contributed by atoms with van der Waals surface area (Å²) in [4.78, 5) is 14.1. The summed E-state index contributed by atoms with van der Waals surface area (Å²) in [5.74, 6) is 0.135. The molecule has 1 aliphatic heterocycles. The number of nitrogens with one attached hydrogen (secondary N) is 1. The van der Waals surface area contributed by atoms with Gasteiger partial charge in [-0.2, -0.15) is 5.10 Å². The number of carbonyl (C=O) groups is 1. The van der Waals surface area contributed by atoms with Crippen molar-refractivity contribution < 1.29 is 9.90 Å². The van der Waals surface area contributed by atoms with Crippen LogP contribution in [0.25, 0.3) is 0 Å². The van der Waals surface area contributed by atoms with E-state index in [0.717, 1.165) is 25.9 Å². The zero-order valence-electron chi connectivity index (χ0n) is 12.0. The first kappa shape index (κ1) is 15.0. The van der Waals surface area contributed by atoms with E-state index in [4.69, 9.17) is 0 Å². The number of aliphatic hydroxyl groups is 1. The Bertz CT molecular complexity index is 401. The molecule has 0 saturated carbocycles. The zero-order valence-corrected chi connectivity index (χ0v) is 12.0. The molecule has 1 aromatic rings. The van der Waals surface area contributed by atoms with Crippen molar-refractivity contribution in [2.75, 3.05) is 19.6 Å². The molecule has 1 aliphatic rings. The number of hydrogen-bond acceptors (Lipinski definition) is 4. The predicted molar refractivity (Wildman–Crippen MR) is 76.1 cm³/mol. The lowest BCUT2D eigenvalue weighted by molar-refractivity contribution is -0.134. The van der Waals surface area contributed by atoms with Gasteiger partial charge in [0, 0.05) is 32.0 Å². The Kier molecular flexibility index (Phi) is 5.55. The van der Waals surface area contributed by atoms with E-state index in [1.54, 1.807) is 10.9 Å². The normalized spacial score (nSPS) is 18.8. The van der Waals surface area contributed by atoms with Gasteiger partial charge in [-0.25, -0.2) is 0 Å². The van der Waals surface area contributed by atoms with Crippen molar-refractivity contribution in [1.29, 1.82) is 0 Å². The van der Waals surface area contributed by atoms with Crippen molar-refractivity contribution in [3.05, 3.63) is 18.5 Å². The van der Waals surface area contributed by atoms with E-state index in [9.17, 15) is 9.90 Å². The molecule has 20 heavy (non-hydrogen) atoms. The third-order valence-corrected chi connectivity index (χ3v) is 3.65. The lowest BCUT2D eigenvalue weighted by Crippen LogP contribution is -2.48. The van der Waals surface area contributed by atoms with Crippen LogP contribution >= 0.6 is 0 Å². The summed E-state index contributed by atoms with van der Waals surface area (Å²) in [6.07, 6.45) is 6.36. The number of amides is 1. The van der Waals surface area contributed by atoms with E-state index in [1.807, 2.05) is 24.1 Å². The average Bonchev–Trinajstić information content (AvgIpc) is 2.97. The van der Waals surface area contributed by atoms with Crippen LogP contribution in [0.2, 0.25) is 0 Å². The lowest BCUT2D eigenvalue weighted by atomic mass is 10.1. The monoisotopic (exact) mass is 280 g/mol. The first-order valence-electron chi connectivity index (χ1n) is 7.34. The molecule has 2 N–H and O–H groups in total. The highest BCUT2D eigenvalue weighted by Crippen LogP contribution is 2.09. The summed E-state index contributed by atoms with van der Waals surface area (Å²) in [5.41, 5.74) is 0. The Balaban J connectivity index is 1.70. The zero-order chi connectivity index (χ0) is 14.4. The molecule has 1 amide bonds. The molecule has 2 unspecified atom stereocenters. The molecule has 6 nitrogen and oxygen atoms in total. The summed E-state index contributed by atoms with van der Waals surface area (Å²) >= 11 is 0. The fourth-order valence-corrected chi connectivity index (χ4v) is 2.48. The van der Waals surface area contributed by atoms with Gasteiger partial charge in [-0.15, -0.1) is 0 Å². The minimum Gasteiger partial charge on any atom is -0.390 e. The number of piperidine rings is 1. The number of aromatic nitrogens is 2. The average molecular weight is 280 g/mol. The van der Waals surface area contributed by atoms with E-state index in [2.05, 4.69) is 10.4 Å². The van der Waals surface area contributed by atoms with E-state index < -0.39 is 6.10 Å². The van der Waals surface area contributed by atoms with Crippen molar-refractivity contribution in [2.24, 2.45) is 0 Å². The molecule has 2 atom stereocenters. The molecule has 6 heteroatoms. The molecule has 0 spiro atoms. The smallest absolute Gasteiger partial charge is 0.239 e. The standard InChI is InChI=1S/C14H24N4O2/c1-12(14(20)17-7-3-2-4-8-17)15-10-13(19)11-18-9-5-6-16-18/h5-6,9,12-13,15,19H,2-4,7-8,10-11H2,1H3. The quantitative estimate of drug-likeness (QED) is 0.783. The minimum absolute atomic E-state index is 0.135. The van der Waals surface area contributed by atoms with Crippen LogP contribution in [-0.2, 0) is 11.3 Å². The van der Waals surface area contributed by atoms with Gasteiger partial charge in [-0.3, -0.25) is 9.48 Å². The second-order valence-electron chi connectivity index (χ2n) is 5.40. The van der Waals surface area contributed by atoms with Crippen molar-refractivity contribution in [2.45, 2.75) is 44.9 Å². The fourth-order valence-electron chi connectivity index (χ4n) is 2.48. The summed E-state index contributed by atoms with van der Waals surface area (Å²) in [7, 11) is 0. The van der Waals surface area contributed by atoms with Crippen molar-refractivity contribution in [1.82, 2.24) is 20.0 Å². The topological polar surface area (TPSA) is 70.4 Å². The molecule has 0 aromatic carbocycles. The number of likely N-dealkylation sites (tertiary alicyclic amines) is 1. The highest BCUT2D eigenvalue weighted by atomic mass is 16.3. The predicted octanol–water partition coefficient (Wildman–Crippen LogP) is 0.235. The van der Waals surface area contributed by atoms with Gasteiger partial charge in [0.05, 0.1) is 18.7 Å². The Labute approximate surface area is 119 Å². The second kappa shape index (κ2) is 7.40. The maximum Gasteiger partial charge on any atom is 0.239 e. The van der Waals surface area contributed by atoms with E-state index in [1.165, 1.54) is 6.42 Å². The fraction of sp³-hybridized carbons (Fsp3) is 0.714. The Hall–Kier alpha value is -1.40. The van der Waals surface area contributed by atoms with Crippen LogP contribution in [0.4, 0.5) is 0 Å². The number of carbonyl (C=O) groups excluding carboxylic acids is 1. The van der Waals surface area contributed by atoms with Crippen LogP contribution in [-0.4, -0.2) is 57.5 Å². The van der Waals surface area contributed by atoms with Gasteiger partial charge in [0.15, 0.2) is 0 Å². The van der Waals surface area contributed by atoms with E-state index in [0.29, 0.717) is 13.1 Å². The molecular formula is C14H24N4O2. The Morgan fingerprint density at radius 1 is 1.40 bits per heavy atom. The largest absolute Gasteiger partial charge is 0.390 e. The van der Waals surface area contributed by atoms with Crippen molar-refractivity contribution in [3.63, 3.8) is 0 Å². The third kappa shape index (κ3) is 4.31. The van der Waals surface area contributed by atoms with Gasteiger partial charge in [-0.05, 0) is 32.3 Å². The highest BCUT2D eigenvalue weighted by Gasteiger charge is 2.22. The summed E-state index contributed by atoms with van der Waals surface area (Å²) < 4.78 is 1.68. The SMILES string of the molecule is CC(NCC(O)Cn1cccn1)C(=O)N1CCCCC1. The van der Waals surface area contributed by atoms with Crippen LogP contribution < -0.4 is 5.32 Å². The van der Waals surface area contributed by atoms with Gasteiger partial charge < -0.3 is 15.3 Å². The van der Waals surface area contributed by atoms with Crippen LogP contribution in [0.1, 0.15) is 26.2 Å². The number of hydrogen-bond donors (Lipinski definition) is 2. The summed E-state index contributed by atoms with van der Waals surface area (Å²) in [6, 6.07) is 1.57. The minimum atomic E-state index is -0.550. The second-order valence-corrected chi connectivity index (χ2v) is 5.40. The van der Waals surface area contributed by atoms with Crippen molar-refractivity contribution >= 4 is 5.91 Å². The van der Waals surface area contributed by atoms with Gasteiger partial charge >= 0.3 is 0 Å². The van der Waals surface area contributed by atoms with Gasteiger partial charge in [-0.1, -0.05) is 0 Å². The molecule has 2 rings (SSSR count).